The van der Waals surface area contributed by atoms with E-state index in [-0.39, 0.29) is 28.0 Å². The minimum Gasteiger partial charge on any atom is -0.455 e. The zero-order valence-corrected chi connectivity index (χ0v) is 16.3. The molecule has 4 rings (SSSR count). The van der Waals surface area contributed by atoms with Crippen molar-refractivity contribution in [3.05, 3.63) is 52.0 Å². The van der Waals surface area contributed by atoms with Crippen LogP contribution in [-0.4, -0.2) is 24.7 Å². The van der Waals surface area contributed by atoms with Gasteiger partial charge in [-0.25, -0.2) is 8.78 Å². The normalized spacial score (nSPS) is 20.7. The lowest BCUT2D eigenvalue weighted by Crippen LogP contribution is -2.53. The molecule has 2 aromatic rings. The molecule has 0 radical (unpaired) electrons. The van der Waals surface area contributed by atoms with Gasteiger partial charge in [-0.05, 0) is 47.0 Å². The Morgan fingerprint density at radius 2 is 1.93 bits per heavy atom. The predicted molar refractivity (Wildman–Crippen MR) is 97.9 cm³/mol. The van der Waals surface area contributed by atoms with Gasteiger partial charge in [-0.15, -0.1) is 0 Å². The van der Waals surface area contributed by atoms with Crippen molar-refractivity contribution < 1.29 is 31.5 Å². The first-order valence-corrected chi connectivity index (χ1v) is 9.55. The Bertz CT molecular complexity index is 982. The van der Waals surface area contributed by atoms with Gasteiger partial charge in [-0.1, -0.05) is 6.07 Å². The molecular weight excluding hydrogens is 463 g/mol. The summed E-state index contributed by atoms with van der Waals surface area (Å²) in [5.41, 5.74) is 0.414. The fraction of sp³-hybridized carbons (Fsp3) is 0.316. The summed E-state index contributed by atoms with van der Waals surface area (Å²) in [6.45, 7) is 0.366. The number of nitrogens with zero attached hydrogens (tertiary/aromatic N) is 1. The van der Waals surface area contributed by atoms with Crippen LogP contribution in [0.2, 0.25) is 0 Å². The van der Waals surface area contributed by atoms with Crippen LogP contribution in [0, 0.1) is 11.6 Å². The Balaban J connectivity index is 1.87. The molecule has 0 unspecified atom stereocenters. The monoisotopic (exact) mass is 476 g/mol. The molecular formula is C19H14BrF5N2O2. The van der Waals surface area contributed by atoms with Crippen LogP contribution in [0.1, 0.15) is 24.4 Å². The number of halogens is 6. The van der Waals surface area contributed by atoms with Crippen LogP contribution >= 0.6 is 15.9 Å². The third-order valence-electron chi connectivity index (χ3n) is 5.04. The number of fused-ring (bicyclic) bond motifs is 5. The van der Waals surface area contributed by atoms with Gasteiger partial charge in [-0.2, -0.15) is 13.2 Å². The van der Waals surface area contributed by atoms with Crippen LogP contribution in [-0.2, 0) is 4.79 Å². The summed E-state index contributed by atoms with van der Waals surface area (Å²) >= 11 is 3.10. The van der Waals surface area contributed by atoms with Crippen molar-refractivity contribution in [3.8, 4) is 11.5 Å². The molecule has 154 valence electrons. The Morgan fingerprint density at radius 3 is 2.66 bits per heavy atom. The number of nitrogens with one attached hydrogen (secondary N) is 1. The number of anilines is 1. The zero-order chi connectivity index (χ0) is 20.9. The van der Waals surface area contributed by atoms with Crippen molar-refractivity contribution in [1.82, 2.24) is 5.32 Å². The van der Waals surface area contributed by atoms with Gasteiger partial charge < -0.3 is 15.0 Å². The Kier molecular flexibility index (Phi) is 4.92. The minimum atomic E-state index is -5.06. The first kappa shape index (κ1) is 19.9. The maximum atomic E-state index is 14.8. The van der Waals surface area contributed by atoms with Gasteiger partial charge in [0.15, 0.2) is 5.75 Å². The fourth-order valence-corrected chi connectivity index (χ4v) is 4.19. The molecule has 1 N–H and O–H groups in total. The summed E-state index contributed by atoms with van der Waals surface area (Å²) in [6.07, 6.45) is -4.41. The van der Waals surface area contributed by atoms with E-state index in [2.05, 4.69) is 15.9 Å². The smallest absolute Gasteiger partial charge is 0.455 e. The first-order valence-electron chi connectivity index (χ1n) is 8.76. The van der Waals surface area contributed by atoms with Crippen molar-refractivity contribution in [1.29, 1.82) is 0 Å². The van der Waals surface area contributed by atoms with E-state index in [0.29, 0.717) is 18.7 Å². The van der Waals surface area contributed by atoms with Crippen molar-refractivity contribution >= 4 is 27.5 Å². The number of amides is 1. The average Bonchev–Trinajstić information content (AvgIpc) is 2.77. The number of ether oxygens (including phenoxy) is 1. The summed E-state index contributed by atoms with van der Waals surface area (Å²) in [5, 5.41) is 2.00. The number of hydrogen-bond acceptors (Lipinski definition) is 3. The highest BCUT2D eigenvalue weighted by Gasteiger charge is 2.45. The van der Waals surface area contributed by atoms with Crippen LogP contribution in [0.4, 0.5) is 27.6 Å². The van der Waals surface area contributed by atoms with E-state index in [1.807, 2.05) is 5.32 Å². The highest BCUT2D eigenvalue weighted by atomic mass is 79.9. The molecule has 0 bridgehead atoms. The second kappa shape index (κ2) is 7.16. The van der Waals surface area contributed by atoms with Gasteiger partial charge >= 0.3 is 12.1 Å². The summed E-state index contributed by atoms with van der Waals surface area (Å²) in [7, 11) is 0. The number of hydrogen-bond donors (Lipinski definition) is 1. The standard InChI is InChI=1S/C19H14BrF5N2O2/c20-9-7-13-15(8-11(9)22)29-14-5-1-3-10(21)16(14)17-12(4-2-6-27(13)17)26-18(28)19(23,24)25/h1,3,5,7-8,12,17H,2,4,6H2,(H,26,28)/t12-,17+/m1/s1. The van der Waals surface area contributed by atoms with E-state index in [4.69, 9.17) is 4.74 Å². The van der Waals surface area contributed by atoms with E-state index in [0.717, 1.165) is 6.07 Å². The molecule has 29 heavy (non-hydrogen) atoms. The highest BCUT2D eigenvalue weighted by molar-refractivity contribution is 9.10. The van der Waals surface area contributed by atoms with Gasteiger partial charge in [0.1, 0.15) is 17.4 Å². The van der Waals surface area contributed by atoms with Gasteiger partial charge in [0.2, 0.25) is 0 Å². The third kappa shape index (κ3) is 3.54. The second-order valence-electron chi connectivity index (χ2n) is 6.85. The lowest BCUT2D eigenvalue weighted by Gasteiger charge is -2.42. The molecule has 1 saturated heterocycles. The minimum absolute atomic E-state index is 0.0207. The number of benzene rings is 2. The molecule has 2 atom stereocenters. The lowest BCUT2D eigenvalue weighted by atomic mass is 9.89. The molecule has 0 saturated carbocycles. The predicted octanol–water partition coefficient (Wildman–Crippen LogP) is 5.22. The van der Waals surface area contributed by atoms with Crippen molar-refractivity contribution in [2.75, 3.05) is 11.4 Å². The Hall–Kier alpha value is -2.36. The number of carbonyl (C=O) groups excluding carboxylic acids is 1. The molecule has 0 aromatic heterocycles. The van der Waals surface area contributed by atoms with Crippen LogP contribution in [0.15, 0.2) is 34.8 Å². The van der Waals surface area contributed by atoms with Gasteiger partial charge in [-0.3, -0.25) is 4.79 Å². The average molecular weight is 477 g/mol. The summed E-state index contributed by atoms with van der Waals surface area (Å²) in [4.78, 5) is 13.2. The van der Waals surface area contributed by atoms with E-state index in [1.165, 1.54) is 24.3 Å². The second-order valence-corrected chi connectivity index (χ2v) is 7.70. The van der Waals surface area contributed by atoms with E-state index in [9.17, 15) is 26.7 Å². The highest BCUT2D eigenvalue weighted by Crippen LogP contribution is 2.49. The molecule has 2 aliphatic rings. The maximum Gasteiger partial charge on any atom is 0.471 e. The quantitative estimate of drug-likeness (QED) is 0.573. The Morgan fingerprint density at radius 1 is 1.17 bits per heavy atom. The van der Waals surface area contributed by atoms with Crippen molar-refractivity contribution in [2.24, 2.45) is 0 Å². The van der Waals surface area contributed by atoms with Crippen molar-refractivity contribution in [3.63, 3.8) is 0 Å². The molecule has 1 amide bonds. The van der Waals surface area contributed by atoms with Crippen LogP contribution in [0.25, 0.3) is 0 Å². The molecule has 0 aliphatic carbocycles. The van der Waals surface area contributed by atoms with E-state index < -0.39 is 35.8 Å². The molecule has 2 aliphatic heterocycles. The van der Waals surface area contributed by atoms with Crippen LogP contribution in [0.5, 0.6) is 11.5 Å². The van der Waals surface area contributed by atoms with Gasteiger partial charge in [0.05, 0.1) is 27.8 Å². The molecule has 2 heterocycles. The number of alkyl halides is 3. The summed E-state index contributed by atoms with van der Waals surface area (Å²) in [5.74, 6) is -3.19. The molecule has 4 nitrogen and oxygen atoms in total. The van der Waals surface area contributed by atoms with Crippen LogP contribution < -0.4 is 15.0 Å². The Labute approximate surface area is 170 Å². The zero-order valence-electron chi connectivity index (χ0n) is 14.7. The molecule has 1 fully saturated rings. The molecule has 2 aromatic carbocycles. The topological polar surface area (TPSA) is 41.6 Å². The molecule has 0 spiro atoms. The van der Waals surface area contributed by atoms with Crippen molar-refractivity contribution in [2.45, 2.75) is 31.1 Å². The largest absolute Gasteiger partial charge is 0.471 e. The summed E-state index contributed by atoms with van der Waals surface area (Å²) in [6, 6.07) is 4.62. The first-order chi connectivity index (χ1) is 13.7. The van der Waals surface area contributed by atoms with Gasteiger partial charge in [0.25, 0.3) is 0 Å². The van der Waals surface area contributed by atoms with Gasteiger partial charge in [0, 0.05) is 12.6 Å². The number of piperidine rings is 1. The third-order valence-corrected chi connectivity index (χ3v) is 5.65. The van der Waals surface area contributed by atoms with E-state index in [1.54, 1.807) is 4.90 Å². The number of carbonyl (C=O) groups is 1. The lowest BCUT2D eigenvalue weighted by molar-refractivity contribution is -0.174. The SMILES string of the molecule is O=C(N[C@@H]1CCCN2c3cc(Br)c(F)cc3Oc3cccc(F)c3[C@H]12)C(F)(F)F. The van der Waals surface area contributed by atoms with Crippen LogP contribution in [0.3, 0.4) is 0 Å². The fourth-order valence-electron chi connectivity index (χ4n) is 3.86. The number of rotatable bonds is 1. The summed E-state index contributed by atoms with van der Waals surface area (Å²) < 4.78 is 73.3. The van der Waals surface area contributed by atoms with E-state index >= 15 is 0 Å². The molecule has 10 heteroatoms. The maximum absolute atomic E-state index is 14.8.